The van der Waals surface area contributed by atoms with Crippen LogP contribution in [0.5, 0.6) is 0 Å². The Kier molecular flexibility index (Phi) is 8.26. The molecule has 6 heteroatoms. The van der Waals surface area contributed by atoms with E-state index in [0.717, 1.165) is 24.8 Å². The maximum atomic E-state index is 13.0. The third kappa shape index (κ3) is 6.67. The predicted octanol–water partition coefficient (Wildman–Crippen LogP) is 5.41. The summed E-state index contributed by atoms with van der Waals surface area (Å²) >= 11 is 0. The number of carbonyl (C=O) groups is 3. The quantitative estimate of drug-likeness (QED) is 0.570. The van der Waals surface area contributed by atoms with Crippen molar-refractivity contribution in [2.24, 2.45) is 17.8 Å². The molecule has 0 unspecified atom stereocenters. The van der Waals surface area contributed by atoms with Gasteiger partial charge in [-0.25, -0.2) is 9.59 Å². The Hall–Kier alpha value is -3.15. The molecule has 0 heterocycles. The average Bonchev–Trinajstić information content (AvgIpc) is 2.79. The topological polar surface area (TPSA) is 81.7 Å². The van der Waals surface area contributed by atoms with E-state index >= 15 is 0 Å². The fourth-order valence-electron chi connectivity index (χ4n) is 4.33. The maximum absolute atomic E-state index is 13.0. The summed E-state index contributed by atoms with van der Waals surface area (Å²) in [6.45, 7) is 7.96. The molecule has 0 aromatic heterocycles. The van der Waals surface area contributed by atoms with Crippen molar-refractivity contribution >= 4 is 23.5 Å². The van der Waals surface area contributed by atoms with Crippen molar-refractivity contribution in [3.8, 4) is 0 Å². The zero-order valence-corrected chi connectivity index (χ0v) is 19.8. The minimum atomic E-state index is -0.737. The number of hydrogen-bond acceptors (Lipinski definition) is 5. The molecule has 3 atom stereocenters. The lowest BCUT2D eigenvalue weighted by Crippen LogP contribution is -2.36. The molecule has 0 bridgehead atoms. The van der Waals surface area contributed by atoms with Crippen LogP contribution in [0, 0.1) is 24.7 Å². The monoisotopic (exact) mass is 451 g/mol. The fourth-order valence-corrected chi connectivity index (χ4v) is 4.33. The zero-order valence-electron chi connectivity index (χ0n) is 19.8. The molecular formula is C27H33NO5. The molecular weight excluding hydrogens is 418 g/mol. The van der Waals surface area contributed by atoms with Crippen molar-refractivity contribution in [3.05, 3.63) is 65.2 Å². The molecule has 0 aliphatic heterocycles. The zero-order chi connectivity index (χ0) is 24.0. The van der Waals surface area contributed by atoms with Crippen LogP contribution in [-0.4, -0.2) is 30.6 Å². The van der Waals surface area contributed by atoms with Crippen molar-refractivity contribution < 1.29 is 23.9 Å². The first-order valence-electron chi connectivity index (χ1n) is 11.6. The molecule has 0 saturated heterocycles. The van der Waals surface area contributed by atoms with Gasteiger partial charge >= 0.3 is 11.9 Å². The lowest BCUT2D eigenvalue weighted by molar-refractivity contribution is -0.119. The first-order valence-corrected chi connectivity index (χ1v) is 11.6. The Balaban J connectivity index is 1.63. The van der Waals surface area contributed by atoms with Gasteiger partial charge in [0, 0.05) is 5.69 Å². The van der Waals surface area contributed by atoms with Gasteiger partial charge in [-0.05, 0) is 61.8 Å². The standard InChI is InChI=1S/C27H33NO5/c1-17(2)21-14-11-19(4)15-24(21)33-27(31)23-8-6-5-7-22(23)26(30)32-16-25(29)28-20-12-9-18(3)10-13-20/h5-10,12-13,17,19,21,24H,11,14-16H2,1-4H3,(H,28,29)/t19-,21+,24-/m1/s1. The van der Waals surface area contributed by atoms with E-state index < -0.39 is 24.5 Å². The van der Waals surface area contributed by atoms with Crippen molar-refractivity contribution in [1.82, 2.24) is 0 Å². The lowest BCUT2D eigenvalue weighted by atomic mass is 9.75. The van der Waals surface area contributed by atoms with Gasteiger partial charge in [-0.2, -0.15) is 0 Å². The molecule has 1 amide bonds. The van der Waals surface area contributed by atoms with Gasteiger partial charge in [0.15, 0.2) is 6.61 Å². The molecule has 1 aliphatic carbocycles. The van der Waals surface area contributed by atoms with E-state index in [1.807, 2.05) is 19.1 Å². The number of carbonyl (C=O) groups excluding carboxylic acids is 3. The van der Waals surface area contributed by atoms with Crippen molar-refractivity contribution in [2.75, 3.05) is 11.9 Å². The van der Waals surface area contributed by atoms with Crippen LogP contribution < -0.4 is 5.32 Å². The summed E-state index contributed by atoms with van der Waals surface area (Å²) in [6.07, 6.45) is 2.80. The third-order valence-electron chi connectivity index (χ3n) is 6.26. The Morgan fingerprint density at radius 3 is 2.24 bits per heavy atom. The number of amides is 1. The number of anilines is 1. The normalized spacial score (nSPS) is 20.2. The Morgan fingerprint density at radius 1 is 0.970 bits per heavy atom. The number of benzene rings is 2. The highest BCUT2D eigenvalue weighted by Gasteiger charge is 2.34. The van der Waals surface area contributed by atoms with Crippen molar-refractivity contribution in [1.29, 1.82) is 0 Å². The van der Waals surface area contributed by atoms with Gasteiger partial charge in [-0.15, -0.1) is 0 Å². The first-order chi connectivity index (χ1) is 15.7. The number of ether oxygens (including phenoxy) is 2. The summed E-state index contributed by atoms with van der Waals surface area (Å²) in [7, 11) is 0. The van der Waals surface area contributed by atoms with E-state index in [2.05, 4.69) is 26.1 Å². The highest BCUT2D eigenvalue weighted by atomic mass is 16.5. The van der Waals surface area contributed by atoms with E-state index in [1.165, 1.54) is 6.07 Å². The van der Waals surface area contributed by atoms with Crippen molar-refractivity contribution in [3.63, 3.8) is 0 Å². The SMILES string of the molecule is Cc1ccc(NC(=O)COC(=O)c2ccccc2C(=O)O[C@@H]2C[C@H](C)CC[C@H]2C(C)C)cc1. The van der Waals surface area contributed by atoms with Crippen LogP contribution in [0.1, 0.15) is 66.3 Å². The van der Waals surface area contributed by atoms with Gasteiger partial charge in [-0.3, -0.25) is 4.79 Å². The van der Waals surface area contributed by atoms with E-state index in [4.69, 9.17) is 9.47 Å². The summed E-state index contributed by atoms with van der Waals surface area (Å²) in [5.41, 5.74) is 1.94. The molecule has 0 radical (unpaired) electrons. The van der Waals surface area contributed by atoms with Crippen LogP contribution in [0.15, 0.2) is 48.5 Å². The third-order valence-corrected chi connectivity index (χ3v) is 6.26. The van der Waals surface area contributed by atoms with Crippen LogP contribution in [0.4, 0.5) is 5.69 Å². The van der Waals surface area contributed by atoms with Gasteiger partial charge in [0.2, 0.25) is 0 Å². The second kappa shape index (κ2) is 11.1. The molecule has 1 aliphatic rings. The molecule has 2 aromatic carbocycles. The number of nitrogens with one attached hydrogen (secondary N) is 1. The molecule has 1 N–H and O–H groups in total. The fraction of sp³-hybridized carbons (Fsp3) is 0.444. The van der Waals surface area contributed by atoms with E-state index in [9.17, 15) is 14.4 Å². The molecule has 6 nitrogen and oxygen atoms in total. The highest BCUT2D eigenvalue weighted by Crippen LogP contribution is 2.35. The molecule has 33 heavy (non-hydrogen) atoms. The minimum Gasteiger partial charge on any atom is -0.458 e. The van der Waals surface area contributed by atoms with Gasteiger partial charge in [0.1, 0.15) is 6.10 Å². The van der Waals surface area contributed by atoms with Crippen LogP contribution in [0.25, 0.3) is 0 Å². The van der Waals surface area contributed by atoms with Crippen LogP contribution in [0.2, 0.25) is 0 Å². The number of aryl methyl sites for hydroxylation is 1. The Labute approximate surface area is 195 Å². The lowest BCUT2D eigenvalue weighted by Gasteiger charge is -2.36. The van der Waals surface area contributed by atoms with Gasteiger partial charge in [0.05, 0.1) is 11.1 Å². The number of rotatable bonds is 7. The molecule has 1 fully saturated rings. The largest absolute Gasteiger partial charge is 0.458 e. The summed E-state index contributed by atoms with van der Waals surface area (Å²) < 4.78 is 11.1. The second-order valence-electron chi connectivity index (χ2n) is 9.31. The smallest absolute Gasteiger partial charge is 0.339 e. The number of esters is 2. The highest BCUT2D eigenvalue weighted by molar-refractivity contribution is 6.04. The van der Waals surface area contributed by atoms with Gasteiger partial charge in [-0.1, -0.05) is 57.0 Å². The van der Waals surface area contributed by atoms with E-state index in [-0.39, 0.29) is 17.2 Å². The maximum Gasteiger partial charge on any atom is 0.339 e. The summed E-state index contributed by atoms with van der Waals surface area (Å²) in [5.74, 6) is -0.527. The van der Waals surface area contributed by atoms with Gasteiger partial charge < -0.3 is 14.8 Å². The molecule has 0 spiro atoms. The summed E-state index contributed by atoms with van der Waals surface area (Å²) in [5, 5.41) is 2.68. The van der Waals surface area contributed by atoms with Crippen LogP contribution in [-0.2, 0) is 14.3 Å². The Bertz CT molecular complexity index is 982. The van der Waals surface area contributed by atoms with Crippen LogP contribution in [0.3, 0.4) is 0 Å². The van der Waals surface area contributed by atoms with E-state index in [0.29, 0.717) is 23.4 Å². The number of hydrogen-bond donors (Lipinski definition) is 1. The first kappa shape index (κ1) is 24.5. The average molecular weight is 452 g/mol. The minimum absolute atomic E-state index is 0.0931. The van der Waals surface area contributed by atoms with Crippen LogP contribution >= 0.6 is 0 Å². The molecule has 176 valence electrons. The second-order valence-corrected chi connectivity index (χ2v) is 9.31. The summed E-state index contributed by atoms with van der Waals surface area (Å²) in [4.78, 5) is 37.9. The van der Waals surface area contributed by atoms with Crippen molar-refractivity contribution in [2.45, 2.75) is 53.1 Å². The molecule has 3 rings (SSSR count). The Morgan fingerprint density at radius 2 is 1.61 bits per heavy atom. The molecule has 2 aromatic rings. The van der Waals surface area contributed by atoms with E-state index in [1.54, 1.807) is 30.3 Å². The summed E-state index contributed by atoms with van der Waals surface area (Å²) in [6, 6.07) is 13.7. The van der Waals surface area contributed by atoms with Gasteiger partial charge in [0.25, 0.3) is 5.91 Å². The predicted molar refractivity (Wildman–Crippen MR) is 127 cm³/mol. The molecule has 1 saturated carbocycles.